The molecule has 0 unspecified atom stereocenters. The first-order valence-corrected chi connectivity index (χ1v) is 11.0. The molecule has 1 fully saturated rings. The third-order valence-corrected chi connectivity index (χ3v) is 5.46. The van der Waals surface area contributed by atoms with Gasteiger partial charge in [-0.1, -0.05) is 24.3 Å². The fraction of sp³-hybridized carbons (Fsp3) is 0.148. The number of furan rings is 1. The van der Waals surface area contributed by atoms with Crippen LogP contribution in [0, 0.1) is 5.82 Å². The van der Waals surface area contributed by atoms with Crippen LogP contribution >= 0.6 is 0 Å². The second-order valence-electron chi connectivity index (χ2n) is 7.87. The molecular weight excluding hydrogens is 467 g/mol. The summed E-state index contributed by atoms with van der Waals surface area (Å²) in [4.78, 5) is 38.7. The summed E-state index contributed by atoms with van der Waals surface area (Å²) >= 11 is 0. The minimum Gasteiger partial charge on any atom is -0.493 e. The lowest BCUT2D eigenvalue weighted by atomic mass is 10.0. The number of methoxy groups -OCH3 is 1. The summed E-state index contributed by atoms with van der Waals surface area (Å²) in [6.45, 7) is 3.61. The molecule has 36 heavy (non-hydrogen) atoms. The highest BCUT2D eigenvalue weighted by molar-refractivity contribution is 6.30. The zero-order chi connectivity index (χ0) is 25.7. The molecule has 4 amide bonds. The number of hydrogen-bond acceptors (Lipinski definition) is 6. The molecule has 0 aliphatic carbocycles. The number of ether oxygens (including phenoxy) is 2. The molecule has 0 atom stereocenters. The van der Waals surface area contributed by atoms with E-state index in [4.69, 9.17) is 13.9 Å². The van der Waals surface area contributed by atoms with Crippen molar-refractivity contribution in [3.63, 3.8) is 0 Å². The van der Waals surface area contributed by atoms with Gasteiger partial charge in [0.05, 0.1) is 19.9 Å². The van der Waals surface area contributed by atoms with Crippen molar-refractivity contribution in [1.29, 1.82) is 0 Å². The molecule has 1 saturated heterocycles. The normalized spacial score (nSPS) is 14.7. The van der Waals surface area contributed by atoms with Gasteiger partial charge in [-0.2, -0.15) is 0 Å². The molecule has 2 aromatic carbocycles. The molecule has 1 aliphatic heterocycles. The predicted molar refractivity (Wildman–Crippen MR) is 128 cm³/mol. The van der Waals surface area contributed by atoms with Gasteiger partial charge in [0.15, 0.2) is 11.5 Å². The van der Waals surface area contributed by atoms with E-state index in [0.29, 0.717) is 40.4 Å². The van der Waals surface area contributed by atoms with Gasteiger partial charge in [-0.15, -0.1) is 6.58 Å². The van der Waals surface area contributed by atoms with Crippen molar-refractivity contribution in [1.82, 2.24) is 10.2 Å². The summed E-state index contributed by atoms with van der Waals surface area (Å²) in [6, 6.07) is 12.0. The fourth-order valence-electron chi connectivity index (χ4n) is 3.72. The van der Waals surface area contributed by atoms with Gasteiger partial charge in [-0.3, -0.25) is 19.8 Å². The Morgan fingerprint density at radius 1 is 1.11 bits per heavy atom. The molecule has 3 aromatic rings. The summed E-state index contributed by atoms with van der Waals surface area (Å²) in [5.41, 5.74) is 1.27. The molecular formula is C27H23FN2O6. The first-order valence-electron chi connectivity index (χ1n) is 11.0. The number of carbonyl (C=O) groups excluding carboxylic acids is 3. The lowest BCUT2D eigenvalue weighted by Crippen LogP contribution is -2.53. The summed E-state index contributed by atoms with van der Waals surface area (Å²) in [7, 11) is 1.45. The Balaban J connectivity index is 1.66. The Hall–Kier alpha value is -4.66. The Labute approximate surface area is 206 Å². The molecule has 2 heterocycles. The highest BCUT2D eigenvalue weighted by atomic mass is 19.1. The number of barbiturate groups is 1. The van der Waals surface area contributed by atoms with Gasteiger partial charge in [0.25, 0.3) is 11.8 Å². The number of benzene rings is 2. The molecule has 8 nitrogen and oxygen atoms in total. The summed E-state index contributed by atoms with van der Waals surface area (Å²) in [5.74, 6) is -0.868. The van der Waals surface area contributed by atoms with E-state index >= 15 is 0 Å². The van der Waals surface area contributed by atoms with Crippen molar-refractivity contribution >= 4 is 23.9 Å². The number of nitrogens with zero attached hydrogens (tertiary/aromatic N) is 1. The maximum atomic E-state index is 14.1. The van der Waals surface area contributed by atoms with Crippen LogP contribution in [0.15, 0.2) is 77.4 Å². The standard InChI is InChI=1S/C27H23FN2O6/c1-3-7-18-12-17(14-23(34-2)24(18)36-16-19-8-4-5-10-22(19)28)13-21-25(31)29-27(33)30(26(21)32)15-20-9-6-11-35-20/h3-6,8-14H,1,7,15-16H2,2H3,(H,29,31,33)/b21-13+. The number of amides is 4. The second-order valence-corrected chi connectivity index (χ2v) is 7.87. The zero-order valence-corrected chi connectivity index (χ0v) is 19.5. The van der Waals surface area contributed by atoms with E-state index in [-0.39, 0.29) is 18.7 Å². The second kappa shape index (κ2) is 10.7. The van der Waals surface area contributed by atoms with Gasteiger partial charge < -0.3 is 13.9 Å². The molecule has 1 N–H and O–H groups in total. The SMILES string of the molecule is C=CCc1cc(/C=C2\C(=O)NC(=O)N(Cc3ccco3)C2=O)cc(OC)c1OCc1ccccc1F. The molecule has 0 bridgehead atoms. The van der Waals surface area contributed by atoms with Gasteiger partial charge >= 0.3 is 6.03 Å². The predicted octanol–water partition coefficient (Wildman–Crippen LogP) is 4.40. The fourth-order valence-corrected chi connectivity index (χ4v) is 3.72. The average molecular weight is 490 g/mol. The molecule has 0 saturated carbocycles. The van der Waals surface area contributed by atoms with Gasteiger partial charge in [0.1, 0.15) is 23.8 Å². The van der Waals surface area contributed by atoms with Crippen LogP contribution in [0.25, 0.3) is 6.08 Å². The Kier molecular flexibility index (Phi) is 7.29. The quantitative estimate of drug-likeness (QED) is 0.271. The van der Waals surface area contributed by atoms with Crippen molar-refractivity contribution in [2.75, 3.05) is 7.11 Å². The maximum absolute atomic E-state index is 14.1. The van der Waals surface area contributed by atoms with Crippen LogP contribution in [0.5, 0.6) is 11.5 Å². The van der Waals surface area contributed by atoms with Crippen molar-refractivity contribution in [3.8, 4) is 11.5 Å². The van der Waals surface area contributed by atoms with Crippen LogP contribution < -0.4 is 14.8 Å². The van der Waals surface area contributed by atoms with E-state index in [1.165, 1.54) is 25.5 Å². The average Bonchev–Trinajstić information content (AvgIpc) is 3.38. The number of allylic oxidation sites excluding steroid dienone is 1. The molecule has 4 rings (SSSR count). The first-order chi connectivity index (χ1) is 17.4. The largest absolute Gasteiger partial charge is 0.493 e. The number of hydrogen-bond donors (Lipinski definition) is 1. The van der Waals surface area contributed by atoms with Crippen molar-refractivity contribution in [3.05, 3.63) is 101 Å². The van der Waals surface area contributed by atoms with Gasteiger partial charge in [0.2, 0.25) is 0 Å². The number of halogens is 1. The van der Waals surface area contributed by atoms with Crippen molar-refractivity contribution in [2.45, 2.75) is 19.6 Å². The van der Waals surface area contributed by atoms with E-state index in [9.17, 15) is 18.8 Å². The summed E-state index contributed by atoms with van der Waals surface area (Å²) in [6.07, 6.45) is 4.83. The van der Waals surface area contributed by atoms with Gasteiger partial charge in [-0.05, 0) is 48.4 Å². The van der Waals surface area contributed by atoms with Crippen LogP contribution in [0.3, 0.4) is 0 Å². The molecule has 0 spiro atoms. The lowest BCUT2D eigenvalue weighted by Gasteiger charge is -2.25. The van der Waals surface area contributed by atoms with E-state index < -0.39 is 23.7 Å². The third-order valence-electron chi connectivity index (χ3n) is 5.46. The number of urea groups is 1. The van der Waals surface area contributed by atoms with E-state index in [0.717, 1.165) is 4.90 Å². The van der Waals surface area contributed by atoms with Crippen LogP contribution in [-0.2, 0) is 29.2 Å². The molecule has 9 heteroatoms. The monoisotopic (exact) mass is 490 g/mol. The van der Waals surface area contributed by atoms with Gasteiger partial charge in [0, 0.05) is 11.1 Å². The van der Waals surface area contributed by atoms with E-state index in [1.807, 2.05) is 0 Å². The Morgan fingerprint density at radius 3 is 2.61 bits per heavy atom. The van der Waals surface area contributed by atoms with Gasteiger partial charge in [-0.25, -0.2) is 9.18 Å². The summed E-state index contributed by atoms with van der Waals surface area (Å²) < 4.78 is 30.7. The smallest absolute Gasteiger partial charge is 0.331 e. The molecule has 0 radical (unpaired) electrons. The maximum Gasteiger partial charge on any atom is 0.331 e. The first kappa shape index (κ1) is 24.5. The minimum atomic E-state index is -0.833. The van der Waals surface area contributed by atoms with Crippen LogP contribution in [0.2, 0.25) is 0 Å². The third kappa shape index (κ3) is 5.20. The number of carbonyl (C=O) groups is 3. The summed E-state index contributed by atoms with van der Waals surface area (Å²) in [5, 5.41) is 2.18. The van der Waals surface area contributed by atoms with E-state index in [2.05, 4.69) is 11.9 Å². The van der Waals surface area contributed by atoms with Crippen molar-refractivity contribution in [2.24, 2.45) is 0 Å². The van der Waals surface area contributed by atoms with Crippen LogP contribution in [-0.4, -0.2) is 29.9 Å². The number of nitrogens with one attached hydrogen (secondary N) is 1. The Morgan fingerprint density at radius 2 is 1.92 bits per heavy atom. The highest BCUT2D eigenvalue weighted by Gasteiger charge is 2.36. The number of rotatable bonds is 9. The van der Waals surface area contributed by atoms with Crippen LogP contribution in [0.4, 0.5) is 9.18 Å². The topological polar surface area (TPSA) is 98.1 Å². The lowest BCUT2D eigenvalue weighted by molar-refractivity contribution is -0.130. The van der Waals surface area contributed by atoms with Crippen LogP contribution in [0.1, 0.15) is 22.5 Å². The highest BCUT2D eigenvalue weighted by Crippen LogP contribution is 2.35. The number of imide groups is 2. The van der Waals surface area contributed by atoms with Crippen molar-refractivity contribution < 1.29 is 32.7 Å². The molecule has 1 aromatic heterocycles. The van der Waals surface area contributed by atoms with E-state index in [1.54, 1.807) is 48.5 Å². The molecule has 184 valence electrons. The minimum absolute atomic E-state index is 0.0294. The molecule has 1 aliphatic rings. The zero-order valence-electron chi connectivity index (χ0n) is 19.5. The Bertz CT molecular complexity index is 1350.